The lowest BCUT2D eigenvalue weighted by Gasteiger charge is -2.25. The number of carbonyl (C=O) groups excluding carboxylic acids is 2. The molecular formula is C18H18O2. The van der Waals surface area contributed by atoms with Crippen LogP contribution in [0.1, 0.15) is 53.7 Å². The van der Waals surface area contributed by atoms with Crippen LogP contribution in [0.15, 0.2) is 24.3 Å². The Kier molecular flexibility index (Phi) is 2.97. The number of benzene rings is 1. The van der Waals surface area contributed by atoms with Crippen LogP contribution in [0, 0.1) is 5.92 Å². The van der Waals surface area contributed by atoms with Gasteiger partial charge in [-0.15, -0.1) is 0 Å². The first-order chi connectivity index (χ1) is 9.50. The molecule has 2 nitrogen and oxygen atoms in total. The third kappa shape index (κ3) is 1.79. The van der Waals surface area contributed by atoms with Gasteiger partial charge in [-0.1, -0.05) is 32.6 Å². The van der Waals surface area contributed by atoms with Gasteiger partial charge >= 0.3 is 0 Å². The lowest BCUT2D eigenvalue weighted by Crippen LogP contribution is -2.26. The van der Waals surface area contributed by atoms with Gasteiger partial charge in [0.2, 0.25) is 11.6 Å². The number of carbonyl (C=O) groups is 2. The van der Waals surface area contributed by atoms with E-state index in [1.54, 1.807) is 0 Å². The molecule has 0 aromatic heterocycles. The summed E-state index contributed by atoms with van der Waals surface area (Å²) in [5.74, 6) is -0.597. The van der Waals surface area contributed by atoms with Crippen molar-refractivity contribution in [2.45, 2.75) is 33.1 Å². The zero-order valence-electron chi connectivity index (χ0n) is 12.0. The fraction of sp³-hybridized carbons (Fsp3) is 0.333. The van der Waals surface area contributed by atoms with Crippen LogP contribution in [0.2, 0.25) is 0 Å². The Balaban J connectivity index is 2.26. The molecule has 1 aromatic rings. The van der Waals surface area contributed by atoms with Crippen LogP contribution in [-0.2, 0) is 11.2 Å². The number of fused-ring (bicyclic) bond motifs is 3. The van der Waals surface area contributed by atoms with Crippen molar-refractivity contribution in [3.8, 4) is 0 Å². The minimum absolute atomic E-state index is 0.0746. The first-order valence-electron chi connectivity index (χ1n) is 7.15. The Morgan fingerprint density at radius 1 is 1.10 bits per heavy atom. The second-order valence-corrected chi connectivity index (χ2v) is 5.93. The zero-order chi connectivity index (χ0) is 14.4. The largest absolute Gasteiger partial charge is 0.285 e. The number of hydrogen-bond acceptors (Lipinski definition) is 2. The molecule has 0 N–H and O–H groups in total. The van der Waals surface area contributed by atoms with Crippen LogP contribution in [0.4, 0.5) is 0 Å². The van der Waals surface area contributed by atoms with Gasteiger partial charge in [-0.05, 0) is 53.5 Å². The SMILES string of the molecule is C=C1CCCc2c1ccc1c2C(=O)C(=O)C(C(C)C)=C1. The fourth-order valence-electron chi connectivity index (χ4n) is 3.17. The average Bonchev–Trinajstić information content (AvgIpc) is 2.42. The first-order valence-corrected chi connectivity index (χ1v) is 7.15. The van der Waals surface area contributed by atoms with Gasteiger partial charge in [0.15, 0.2) is 0 Å². The molecular weight excluding hydrogens is 248 g/mol. The van der Waals surface area contributed by atoms with E-state index in [-0.39, 0.29) is 17.5 Å². The molecule has 0 heterocycles. The maximum Gasteiger partial charge on any atom is 0.234 e. The quantitative estimate of drug-likeness (QED) is 0.724. The fourth-order valence-corrected chi connectivity index (χ4v) is 3.17. The molecule has 2 aliphatic rings. The molecule has 20 heavy (non-hydrogen) atoms. The molecule has 0 spiro atoms. The third-order valence-corrected chi connectivity index (χ3v) is 4.26. The summed E-state index contributed by atoms with van der Waals surface area (Å²) >= 11 is 0. The second-order valence-electron chi connectivity index (χ2n) is 5.93. The standard InChI is InChI=1S/C18H18O2/c1-10(2)15-9-12-7-8-13-11(3)5-4-6-14(13)16(12)18(20)17(15)19/h7-10H,3-6H2,1-2H3. The Hall–Kier alpha value is -1.96. The number of ketones is 2. The predicted octanol–water partition coefficient (Wildman–Crippen LogP) is 3.84. The minimum Gasteiger partial charge on any atom is -0.285 e. The van der Waals surface area contributed by atoms with E-state index in [4.69, 9.17) is 0 Å². The van der Waals surface area contributed by atoms with E-state index in [0.717, 1.165) is 41.5 Å². The molecule has 0 aliphatic heterocycles. The molecule has 0 saturated carbocycles. The summed E-state index contributed by atoms with van der Waals surface area (Å²) in [5.41, 5.74) is 5.31. The average molecular weight is 266 g/mol. The van der Waals surface area contributed by atoms with Crippen molar-refractivity contribution in [3.63, 3.8) is 0 Å². The van der Waals surface area contributed by atoms with Gasteiger partial charge < -0.3 is 0 Å². The summed E-state index contributed by atoms with van der Waals surface area (Å²) in [5, 5.41) is 0. The van der Waals surface area contributed by atoms with Gasteiger partial charge in [0, 0.05) is 11.1 Å². The number of rotatable bonds is 1. The molecule has 2 aliphatic carbocycles. The molecule has 2 heteroatoms. The second kappa shape index (κ2) is 4.55. The van der Waals surface area contributed by atoms with Crippen molar-refractivity contribution in [1.82, 2.24) is 0 Å². The molecule has 102 valence electrons. The molecule has 0 amide bonds. The van der Waals surface area contributed by atoms with Gasteiger partial charge in [-0.3, -0.25) is 9.59 Å². The lowest BCUT2D eigenvalue weighted by molar-refractivity contribution is -0.112. The maximum absolute atomic E-state index is 12.5. The van der Waals surface area contributed by atoms with Crippen molar-refractivity contribution in [1.29, 1.82) is 0 Å². The number of hydrogen-bond donors (Lipinski definition) is 0. The monoisotopic (exact) mass is 266 g/mol. The molecule has 0 bridgehead atoms. The van der Waals surface area contributed by atoms with Crippen LogP contribution in [0.3, 0.4) is 0 Å². The molecule has 0 radical (unpaired) electrons. The highest BCUT2D eigenvalue weighted by molar-refractivity contribution is 6.52. The third-order valence-electron chi connectivity index (χ3n) is 4.26. The molecule has 0 atom stereocenters. The van der Waals surface area contributed by atoms with Crippen LogP contribution >= 0.6 is 0 Å². The minimum atomic E-state index is -0.336. The topological polar surface area (TPSA) is 34.1 Å². The van der Waals surface area contributed by atoms with Gasteiger partial charge in [-0.25, -0.2) is 0 Å². The van der Waals surface area contributed by atoms with Crippen molar-refractivity contribution < 1.29 is 9.59 Å². The predicted molar refractivity (Wildman–Crippen MR) is 80.6 cm³/mol. The van der Waals surface area contributed by atoms with Crippen molar-refractivity contribution in [3.05, 3.63) is 46.5 Å². The van der Waals surface area contributed by atoms with E-state index < -0.39 is 0 Å². The molecule has 1 aromatic carbocycles. The zero-order valence-corrected chi connectivity index (χ0v) is 12.0. The molecule has 0 fully saturated rings. The van der Waals surface area contributed by atoms with E-state index in [9.17, 15) is 9.59 Å². The highest BCUT2D eigenvalue weighted by Crippen LogP contribution is 2.36. The summed E-state index contributed by atoms with van der Waals surface area (Å²) in [7, 11) is 0. The van der Waals surface area contributed by atoms with Crippen molar-refractivity contribution in [2.75, 3.05) is 0 Å². The van der Waals surface area contributed by atoms with Gasteiger partial charge in [0.1, 0.15) is 0 Å². The smallest absolute Gasteiger partial charge is 0.234 e. The Bertz CT molecular complexity index is 675. The van der Waals surface area contributed by atoms with Crippen LogP contribution < -0.4 is 0 Å². The summed E-state index contributed by atoms with van der Waals surface area (Å²) in [6.45, 7) is 7.97. The highest BCUT2D eigenvalue weighted by atomic mass is 16.2. The van der Waals surface area contributed by atoms with E-state index >= 15 is 0 Å². The van der Waals surface area contributed by atoms with Crippen molar-refractivity contribution >= 4 is 23.2 Å². The van der Waals surface area contributed by atoms with Crippen molar-refractivity contribution in [2.24, 2.45) is 5.92 Å². The van der Waals surface area contributed by atoms with E-state index in [1.165, 1.54) is 0 Å². The Morgan fingerprint density at radius 2 is 1.85 bits per heavy atom. The Morgan fingerprint density at radius 3 is 2.55 bits per heavy atom. The van der Waals surface area contributed by atoms with Crippen LogP contribution in [0.25, 0.3) is 11.6 Å². The first kappa shape index (κ1) is 13.0. The molecule has 0 unspecified atom stereocenters. The van der Waals surface area contributed by atoms with E-state index in [1.807, 2.05) is 32.1 Å². The van der Waals surface area contributed by atoms with Gasteiger partial charge in [-0.2, -0.15) is 0 Å². The normalized spacial score (nSPS) is 17.9. The van der Waals surface area contributed by atoms with E-state index in [0.29, 0.717) is 11.1 Å². The summed E-state index contributed by atoms with van der Waals surface area (Å²) < 4.78 is 0. The van der Waals surface area contributed by atoms with Crippen LogP contribution in [-0.4, -0.2) is 11.6 Å². The van der Waals surface area contributed by atoms with Gasteiger partial charge in [0.05, 0.1) is 0 Å². The lowest BCUT2D eigenvalue weighted by atomic mass is 9.77. The Labute approximate surface area is 119 Å². The van der Waals surface area contributed by atoms with E-state index in [2.05, 4.69) is 6.58 Å². The van der Waals surface area contributed by atoms with Crippen LogP contribution in [0.5, 0.6) is 0 Å². The highest BCUT2D eigenvalue weighted by Gasteiger charge is 2.32. The number of Topliss-reactive ketones (excluding diaryl/α,β-unsaturated/α-hetero) is 2. The molecule has 3 rings (SSSR count). The maximum atomic E-state index is 12.5. The summed E-state index contributed by atoms with van der Waals surface area (Å²) in [6.07, 6.45) is 4.73. The summed E-state index contributed by atoms with van der Waals surface area (Å²) in [6, 6.07) is 4.00. The molecule has 0 saturated heterocycles. The summed E-state index contributed by atoms with van der Waals surface area (Å²) in [4.78, 5) is 24.7. The van der Waals surface area contributed by atoms with Gasteiger partial charge in [0.25, 0.3) is 0 Å². The number of allylic oxidation sites excluding steroid dienone is 2.